The van der Waals surface area contributed by atoms with Gasteiger partial charge < -0.3 is 10.2 Å². The fraction of sp³-hybridized carbons (Fsp3) is 0.818. The molecule has 1 unspecified atom stereocenters. The van der Waals surface area contributed by atoms with Gasteiger partial charge in [-0.2, -0.15) is 4.37 Å². The Morgan fingerprint density at radius 1 is 1.44 bits per heavy atom. The zero-order valence-electron chi connectivity index (χ0n) is 10.4. The average Bonchev–Trinajstić information content (AvgIpc) is 2.66. The van der Waals surface area contributed by atoms with Crippen molar-refractivity contribution in [3.05, 3.63) is 5.82 Å². The van der Waals surface area contributed by atoms with Crippen molar-refractivity contribution in [2.24, 2.45) is 0 Å². The Bertz CT molecular complexity index is 355. The first kappa shape index (κ1) is 11.8. The van der Waals surface area contributed by atoms with Crippen molar-refractivity contribution in [1.82, 2.24) is 14.7 Å². The molecule has 1 fully saturated rings. The van der Waals surface area contributed by atoms with Gasteiger partial charge >= 0.3 is 0 Å². The molecule has 1 saturated heterocycles. The van der Waals surface area contributed by atoms with E-state index >= 15 is 0 Å². The lowest BCUT2D eigenvalue weighted by molar-refractivity contribution is 0.497. The van der Waals surface area contributed by atoms with Gasteiger partial charge in [0.1, 0.15) is 5.82 Å². The first-order chi connectivity index (χ1) is 7.48. The summed E-state index contributed by atoms with van der Waals surface area (Å²) in [5.41, 5.74) is 0.0476. The van der Waals surface area contributed by atoms with Crippen molar-refractivity contribution in [2.75, 3.05) is 24.5 Å². The highest BCUT2D eigenvalue weighted by atomic mass is 32.1. The minimum atomic E-state index is 0.0476. The maximum Gasteiger partial charge on any atom is 0.205 e. The second kappa shape index (κ2) is 4.30. The number of nitrogens with zero attached hydrogens (tertiary/aromatic N) is 3. The molecule has 90 valence electrons. The Morgan fingerprint density at radius 2 is 2.19 bits per heavy atom. The van der Waals surface area contributed by atoms with Crippen LogP contribution in [0.4, 0.5) is 5.13 Å². The van der Waals surface area contributed by atoms with E-state index in [2.05, 4.69) is 47.3 Å². The maximum absolute atomic E-state index is 4.66. The highest BCUT2D eigenvalue weighted by molar-refractivity contribution is 7.09. The van der Waals surface area contributed by atoms with Crippen LogP contribution in [-0.2, 0) is 5.41 Å². The summed E-state index contributed by atoms with van der Waals surface area (Å²) in [6.07, 6.45) is 0. The molecule has 1 atom stereocenters. The van der Waals surface area contributed by atoms with Gasteiger partial charge in [-0.25, -0.2) is 4.98 Å². The van der Waals surface area contributed by atoms with Crippen molar-refractivity contribution in [3.8, 4) is 0 Å². The van der Waals surface area contributed by atoms with E-state index in [9.17, 15) is 0 Å². The van der Waals surface area contributed by atoms with Crippen molar-refractivity contribution in [2.45, 2.75) is 39.2 Å². The molecule has 4 nitrogen and oxygen atoms in total. The number of nitrogens with one attached hydrogen (secondary N) is 1. The van der Waals surface area contributed by atoms with E-state index in [1.165, 1.54) is 11.5 Å². The number of hydrogen-bond acceptors (Lipinski definition) is 5. The van der Waals surface area contributed by atoms with Gasteiger partial charge in [0.2, 0.25) is 5.13 Å². The predicted octanol–water partition coefficient (Wildman–Crippen LogP) is 1.63. The molecule has 1 N–H and O–H groups in total. The Hall–Kier alpha value is -0.680. The topological polar surface area (TPSA) is 41.0 Å². The van der Waals surface area contributed by atoms with Gasteiger partial charge in [0.15, 0.2) is 0 Å². The third-order valence-corrected chi connectivity index (χ3v) is 3.59. The smallest absolute Gasteiger partial charge is 0.205 e. The molecule has 5 heteroatoms. The second-order valence-electron chi connectivity index (χ2n) is 5.40. The van der Waals surface area contributed by atoms with Crippen LogP contribution in [0.2, 0.25) is 0 Å². The molecule has 0 spiro atoms. The Balaban J connectivity index is 2.18. The molecule has 0 radical (unpaired) electrons. The third-order valence-electron chi connectivity index (χ3n) is 2.83. The predicted molar refractivity (Wildman–Crippen MR) is 68.3 cm³/mol. The van der Waals surface area contributed by atoms with Crippen LogP contribution in [0.1, 0.15) is 33.5 Å². The second-order valence-corrected chi connectivity index (χ2v) is 6.13. The van der Waals surface area contributed by atoms with Crippen LogP contribution in [0.15, 0.2) is 0 Å². The van der Waals surface area contributed by atoms with Gasteiger partial charge in [-0.3, -0.25) is 0 Å². The zero-order valence-corrected chi connectivity index (χ0v) is 11.3. The summed E-state index contributed by atoms with van der Waals surface area (Å²) in [5.74, 6) is 0.957. The van der Waals surface area contributed by atoms with Gasteiger partial charge in [-0.1, -0.05) is 20.8 Å². The Morgan fingerprint density at radius 3 is 2.75 bits per heavy atom. The minimum Gasteiger partial charge on any atom is -0.342 e. The quantitative estimate of drug-likeness (QED) is 0.810. The van der Waals surface area contributed by atoms with E-state index in [1.54, 1.807) is 0 Å². The molecule has 0 saturated carbocycles. The summed E-state index contributed by atoms with van der Waals surface area (Å²) in [4.78, 5) is 7.01. The van der Waals surface area contributed by atoms with Crippen LogP contribution in [0.25, 0.3) is 0 Å². The molecular formula is C11H20N4S. The largest absolute Gasteiger partial charge is 0.342 e. The number of aromatic nitrogens is 2. The van der Waals surface area contributed by atoms with E-state index < -0.39 is 0 Å². The lowest BCUT2D eigenvalue weighted by Gasteiger charge is -2.33. The van der Waals surface area contributed by atoms with Gasteiger partial charge in [-0.05, 0) is 6.92 Å². The summed E-state index contributed by atoms with van der Waals surface area (Å²) in [5, 5.41) is 4.45. The molecule has 1 aromatic rings. The molecule has 1 aromatic heterocycles. The average molecular weight is 240 g/mol. The molecule has 1 aliphatic heterocycles. The van der Waals surface area contributed by atoms with Crippen molar-refractivity contribution in [3.63, 3.8) is 0 Å². The van der Waals surface area contributed by atoms with Gasteiger partial charge in [0.05, 0.1) is 0 Å². The van der Waals surface area contributed by atoms with E-state index in [0.717, 1.165) is 30.6 Å². The maximum atomic E-state index is 4.66. The zero-order chi connectivity index (χ0) is 11.8. The van der Waals surface area contributed by atoms with Crippen LogP contribution < -0.4 is 10.2 Å². The molecule has 1 aliphatic rings. The Kier molecular flexibility index (Phi) is 3.17. The molecule has 0 aromatic carbocycles. The molecule has 16 heavy (non-hydrogen) atoms. The molecular weight excluding hydrogens is 220 g/mol. The lowest BCUT2D eigenvalue weighted by atomic mass is 9.96. The number of hydrogen-bond donors (Lipinski definition) is 1. The first-order valence-corrected chi connectivity index (χ1v) is 6.57. The molecule has 0 bridgehead atoms. The number of anilines is 1. The molecule has 2 rings (SSSR count). The van der Waals surface area contributed by atoms with E-state index in [4.69, 9.17) is 0 Å². The van der Waals surface area contributed by atoms with Crippen molar-refractivity contribution < 1.29 is 0 Å². The van der Waals surface area contributed by atoms with Crippen LogP contribution in [0.5, 0.6) is 0 Å². The standard InChI is InChI=1S/C11H20N4S/c1-8-7-12-5-6-15(8)10-13-9(14-16-10)11(2,3)4/h8,12H,5-7H2,1-4H3. The summed E-state index contributed by atoms with van der Waals surface area (Å²) in [7, 11) is 0. The summed E-state index contributed by atoms with van der Waals surface area (Å²) in [6, 6.07) is 0.509. The SMILES string of the molecule is CC1CNCCN1c1nc(C(C)(C)C)ns1. The highest BCUT2D eigenvalue weighted by Gasteiger charge is 2.25. The number of piperazine rings is 1. The summed E-state index contributed by atoms with van der Waals surface area (Å²) >= 11 is 1.52. The normalized spacial score (nSPS) is 22.5. The van der Waals surface area contributed by atoms with E-state index in [-0.39, 0.29) is 5.41 Å². The Labute approximate surface area is 101 Å². The fourth-order valence-corrected chi connectivity index (χ4v) is 2.75. The van der Waals surface area contributed by atoms with Crippen molar-refractivity contribution in [1.29, 1.82) is 0 Å². The van der Waals surface area contributed by atoms with Gasteiger partial charge in [0.25, 0.3) is 0 Å². The first-order valence-electron chi connectivity index (χ1n) is 5.80. The molecule has 0 amide bonds. The highest BCUT2D eigenvalue weighted by Crippen LogP contribution is 2.26. The van der Waals surface area contributed by atoms with Crippen LogP contribution in [-0.4, -0.2) is 35.0 Å². The van der Waals surface area contributed by atoms with Crippen LogP contribution in [0, 0.1) is 0 Å². The van der Waals surface area contributed by atoms with Crippen molar-refractivity contribution >= 4 is 16.7 Å². The van der Waals surface area contributed by atoms with E-state index in [0.29, 0.717) is 6.04 Å². The van der Waals surface area contributed by atoms with Gasteiger partial charge in [0, 0.05) is 42.6 Å². The van der Waals surface area contributed by atoms with E-state index in [1.807, 2.05) is 0 Å². The summed E-state index contributed by atoms with van der Waals surface area (Å²) < 4.78 is 4.47. The minimum absolute atomic E-state index is 0.0476. The van der Waals surface area contributed by atoms with Crippen LogP contribution in [0.3, 0.4) is 0 Å². The van der Waals surface area contributed by atoms with Gasteiger partial charge in [-0.15, -0.1) is 0 Å². The monoisotopic (exact) mass is 240 g/mol. The lowest BCUT2D eigenvalue weighted by Crippen LogP contribution is -2.49. The molecule has 0 aliphatic carbocycles. The fourth-order valence-electron chi connectivity index (χ4n) is 1.76. The third kappa shape index (κ3) is 2.35. The molecule has 2 heterocycles. The number of rotatable bonds is 1. The van der Waals surface area contributed by atoms with Crippen LogP contribution >= 0.6 is 11.5 Å². The summed E-state index contributed by atoms with van der Waals surface area (Å²) in [6.45, 7) is 11.8.